The molecule has 2 aromatic rings. The zero-order valence-corrected chi connectivity index (χ0v) is 16.9. The number of methoxy groups -OCH3 is 2. The highest BCUT2D eigenvalue weighted by atomic mass is 32.2. The number of nitrogens with zero attached hydrogens (tertiary/aromatic N) is 2. The van der Waals surface area contributed by atoms with Crippen LogP contribution < -0.4 is 19.2 Å². The summed E-state index contributed by atoms with van der Waals surface area (Å²) in [5, 5.41) is 3.90. The molecule has 0 saturated carbocycles. The average molecular weight is 405 g/mol. The molecular formula is C19H23N3O5S. The van der Waals surface area contributed by atoms with Crippen LogP contribution in [0.5, 0.6) is 11.5 Å². The zero-order valence-electron chi connectivity index (χ0n) is 16.1. The number of carbonyl (C=O) groups is 1. The lowest BCUT2D eigenvalue weighted by Gasteiger charge is -2.27. The van der Waals surface area contributed by atoms with Crippen LogP contribution in [0.25, 0.3) is 0 Å². The monoisotopic (exact) mass is 405 g/mol. The van der Waals surface area contributed by atoms with Crippen LogP contribution in [0.15, 0.2) is 53.6 Å². The third kappa shape index (κ3) is 5.46. The van der Waals surface area contributed by atoms with Crippen molar-refractivity contribution in [3.05, 3.63) is 54.1 Å². The van der Waals surface area contributed by atoms with E-state index in [2.05, 4.69) is 10.5 Å². The van der Waals surface area contributed by atoms with E-state index in [9.17, 15) is 13.2 Å². The second-order valence-corrected chi connectivity index (χ2v) is 7.80. The minimum absolute atomic E-state index is 0.350. The van der Waals surface area contributed by atoms with E-state index in [4.69, 9.17) is 9.47 Å². The SMILES string of the molecule is COc1ccc(N([C@H](C)C(=O)N/N=C\c2cccc(OC)c2)S(C)(=O)=O)cc1. The van der Waals surface area contributed by atoms with Crippen molar-refractivity contribution in [2.45, 2.75) is 13.0 Å². The molecule has 0 aliphatic carbocycles. The number of rotatable bonds is 8. The van der Waals surface area contributed by atoms with Gasteiger partial charge in [0.05, 0.1) is 32.4 Å². The van der Waals surface area contributed by atoms with Crippen molar-refractivity contribution in [3.8, 4) is 11.5 Å². The van der Waals surface area contributed by atoms with Gasteiger partial charge in [-0.25, -0.2) is 13.8 Å². The van der Waals surface area contributed by atoms with E-state index >= 15 is 0 Å². The van der Waals surface area contributed by atoms with Crippen molar-refractivity contribution in [1.82, 2.24) is 5.43 Å². The highest BCUT2D eigenvalue weighted by Crippen LogP contribution is 2.23. The standard InChI is InChI=1S/C19H23N3O5S/c1-14(19(23)21-20-13-15-6-5-7-18(12-15)27-3)22(28(4,24)25)16-8-10-17(26-2)11-9-16/h5-14H,1-4H3,(H,21,23)/b20-13-/t14-/m1/s1. The number of sulfonamides is 1. The Labute approximate surface area is 164 Å². The molecule has 0 saturated heterocycles. The Hall–Kier alpha value is -3.07. The number of carbonyl (C=O) groups excluding carboxylic acids is 1. The predicted molar refractivity (Wildman–Crippen MR) is 109 cm³/mol. The van der Waals surface area contributed by atoms with Crippen LogP contribution in [0.1, 0.15) is 12.5 Å². The number of amides is 1. The van der Waals surface area contributed by atoms with Gasteiger partial charge in [0.15, 0.2) is 0 Å². The fraction of sp³-hybridized carbons (Fsp3) is 0.263. The summed E-state index contributed by atoms with van der Waals surface area (Å²) in [7, 11) is -0.637. The maximum absolute atomic E-state index is 12.5. The maximum atomic E-state index is 12.5. The molecule has 2 aromatic carbocycles. The Morgan fingerprint density at radius 1 is 1.11 bits per heavy atom. The van der Waals surface area contributed by atoms with E-state index in [1.54, 1.807) is 55.6 Å². The molecule has 0 aromatic heterocycles. The van der Waals surface area contributed by atoms with Crippen molar-refractivity contribution >= 4 is 27.8 Å². The average Bonchev–Trinajstić information content (AvgIpc) is 2.67. The van der Waals surface area contributed by atoms with Crippen LogP contribution >= 0.6 is 0 Å². The first-order chi connectivity index (χ1) is 13.3. The molecule has 1 atom stereocenters. The number of anilines is 1. The van der Waals surface area contributed by atoms with E-state index in [0.29, 0.717) is 17.2 Å². The summed E-state index contributed by atoms with van der Waals surface area (Å²) >= 11 is 0. The van der Waals surface area contributed by atoms with Crippen molar-refractivity contribution in [1.29, 1.82) is 0 Å². The third-order valence-corrected chi connectivity index (χ3v) is 5.14. The molecule has 0 fully saturated rings. The quantitative estimate of drug-likeness (QED) is 0.535. The molecule has 0 bridgehead atoms. The Kier molecular flexibility index (Phi) is 7.00. The van der Waals surface area contributed by atoms with Crippen LogP contribution in [-0.4, -0.2) is 47.1 Å². The zero-order chi connectivity index (χ0) is 20.7. The third-order valence-electron chi connectivity index (χ3n) is 3.90. The molecule has 1 amide bonds. The lowest BCUT2D eigenvalue weighted by molar-refractivity contribution is -0.121. The first-order valence-electron chi connectivity index (χ1n) is 8.36. The summed E-state index contributed by atoms with van der Waals surface area (Å²) in [4.78, 5) is 12.5. The minimum atomic E-state index is -3.70. The fourth-order valence-corrected chi connectivity index (χ4v) is 3.70. The normalized spacial score (nSPS) is 12.4. The molecule has 2 rings (SSSR count). The Morgan fingerprint density at radius 2 is 1.75 bits per heavy atom. The molecule has 0 aliphatic rings. The van der Waals surface area contributed by atoms with Gasteiger partial charge in [0.2, 0.25) is 10.0 Å². The molecule has 1 N–H and O–H groups in total. The van der Waals surface area contributed by atoms with Gasteiger partial charge in [0.1, 0.15) is 17.5 Å². The molecular weight excluding hydrogens is 382 g/mol. The second-order valence-electron chi connectivity index (χ2n) is 5.94. The van der Waals surface area contributed by atoms with Crippen molar-refractivity contribution < 1.29 is 22.7 Å². The highest BCUT2D eigenvalue weighted by molar-refractivity contribution is 7.92. The fourth-order valence-electron chi connectivity index (χ4n) is 2.52. The van der Waals surface area contributed by atoms with Gasteiger partial charge in [-0.05, 0) is 48.9 Å². The Bertz CT molecular complexity index is 942. The van der Waals surface area contributed by atoms with Crippen LogP contribution in [0.3, 0.4) is 0 Å². The summed E-state index contributed by atoms with van der Waals surface area (Å²) in [5.41, 5.74) is 3.45. The lowest BCUT2D eigenvalue weighted by Crippen LogP contribution is -2.46. The first kappa shape index (κ1) is 21.2. The van der Waals surface area contributed by atoms with Crippen LogP contribution in [-0.2, 0) is 14.8 Å². The summed E-state index contributed by atoms with van der Waals surface area (Å²) in [6.45, 7) is 1.49. The number of hydrogen-bond acceptors (Lipinski definition) is 6. The molecule has 0 aliphatic heterocycles. The van der Waals surface area contributed by atoms with E-state index in [0.717, 1.165) is 16.1 Å². The molecule has 0 radical (unpaired) electrons. The van der Waals surface area contributed by atoms with Gasteiger partial charge >= 0.3 is 0 Å². The number of ether oxygens (including phenoxy) is 2. The van der Waals surface area contributed by atoms with Gasteiger partial charge in [-0.1, -0.05) is 12.1 Å². The molecule has 0 heterocycles. The number of hydrogen-bond donors (Lipinski definition) is 1. The van der Waals surface area contributed by atoms with Crippen LogP contribution in [0.4, 0.5) is 5.69 Å². The van der Waals surface area contributed by atoms with E-state index in [1.165, 1.54) is 20.2 Å². The van der Waals surface area contributed by atoms with Gasteiger partial charge in [0, 0.05) is 0 Å². The highest BCUT2D eigenvalue weighted by Gasteiger charge is 2.29. The van der Waals surface area contributed by atoms with Gasteiger partial charge in [-0.3, -0.25) is 9.10 Å². The van der Waals surface area contributed by atoms with Crippen molar-refractivity contribution in [2.24, 2.45) is 5.10 Å². The summed E-state index contributed by atoms with van der Waals surface area (Å²) in [5.74, 6) is 0.670. The number of nitrogens with one attached hydrogen (secondary N) is 1. The van der Waals surface area contributed by atoms with Gasteiger partial charge in [-0.15, -0.1) is 0 Å². The number of benzene rings is 2. The molecule has 8 nitrogen and oxygen atoms in total. The summed E-state index contributed by atoms with van der Waals surface area (Å²) in [6, 6.07) is 12.5. The second kappa shape index (κ2) is 9.23. The van der Waals surface area contributed by atoms with E-state index in [1.807, 2.05) is 0 Å². The van der Waals surface area contributed by atoms with Crippen molar-refractivity contribution in [2.75, 3.05) is 24.8 Å². The first-order valence-corrected chi connectivity index (χ1v) is 10.2. The topological polar surface area (TPSA) is 97.3 Å². The van der Waals surface area contributed by atoms with Gasteiger partial charge < -0.3 is 9.47 Å². The largest absolute Gasteiger partial charge is 0.497 e. The van der Waals surface area contributed by atoms with Crippen molar-refractivity contribution in [3.63, 3.8) is 0 Å². The van der Waals surface area contributed by atoms with Crippen LogP contribution in [0.2, 0.25) is 0 Å². The Balaban J connectivity index is 2.15. The maximum Gasteiger partial charge on any atom is 0.263 e. The Morgan fingerprint density at radius 3 is 2.32 bits per heavy atom. The van der Waals surface area contributed by atoms with Gasteiger partial charge in [0.25, 0.3) is 5.91 Å². The van der Waals surface area contributed by atoms with E-state index < -0.39 is 22.0 Å². The van der Waals surface area contributed by atoms with E-state index in [-0.39, 0.29) is 0 Å². The molecule has 0 unspecified atom stereocenters. The molecule has 28 heavy (non-hydrogen) atoms. The molecule has 0 spiro atoms. The molecule has 9 heteroatoms. The lowest BCUT2D eigenvalue weighted by atomic mass is 10.2. The van der Waals surface area contributed by atoms with Gasteiger partial charge in [-0.2, -0.15) is 5.10 Å². The van der Waals surface area contributed by atoms with Crippen LogP contribution in [0, 0.1) is 0 Å². The summed E-state index contributed by atoms with van der Waals surface area (Å²) in [6.07, 6.45) is 2.49. The molecule has 150 valence electrons. The number of hydrazone groups is 1. The smallest absolute Gasteiger partial charge is 0.263 e. The summed E-state index contributed by atoms with van der Waals surface area (Å²) < 4.78 is 35.8. The minimum Gasteiger partial charge on any atom is -0.497 e. The predicted octanol–water partition coefficient (Wildman–Crippen LogP) is 2.01.